The molecule has 6 nitrogen and oxygen atoms in total. The fraction of sp³-hybridized carbons (Fsp3) is 0.105. The first-order valence-electron chi connectivity index (χ1n) is 8.30. The highest BCUT2D eigenvalue weighted by atomic mass is 35.5. The fourth-order valence-corrected chi connectivity index (χ4v) is 3.71. The highest BCUT2D eigenvalue weighted by molar-refractivity contribution is 6.42. The Morgan fingerprint density at radius 2 is 1.93 bits per heavy atom. The van der Waals surface area contributed by atoms with Gasteiger partial charge in [0.25, 0.3) is 0 Å². The predicted octanol–water partition coefficient (Wildman–Crippen LogP) is 4.68. The third-order valence-corrected chi connectivity index (χ3v) is 5.43. The van der Waals surface area contributed by atoms with E-state index < -0.39 is 11.9 Å². The third-order valence-electron chi connectivity index (χ3n) is 4.46. The Morgan fingerprint density at radius 1 is 1.14 bits per heavy atom. The number of hydrogen-bond donors (Lipinski definition) is 2. The van der Waals surface area contributed by atoms with E-state index in [1.165, 1.54) is 0 Å². The van der Waals surface area contributed by atoms with E-state index in [9.17, 15) is 4.79 Å². The summed E-state index contributed by atoms with van der Waals surface area (Å²) in [6.07, 6.45) is 0. The quantitative estimate of drug-likeness (QED) is 0.627. The molecule has 0 saturated heterocycles. The number of rotatable bonds is 3. The van der Waals surface area contributed by atoms with E-state index in [-0.39, 0.29) is 0 Å². The van der Waals surface area contributed by atoms with Crippen LogP contribution >= 0.6 is 34.8 Å². The molecule has 0 saturated carbocycles. The Balaban J connectivity index is 1.90. The summed E-state index contributed by atoms with van der Waals surface area (Å²) < 4.78 is 1.61. The molecule has 3 aromatic rings. The number of amides is 1. The van der Waals surface area contributed by atoms with E-state index in [2.05, 4.69) is 15.4 Å². The van der Waals surface area contributed by atoms with Gasteiger partial charge in [-0.3, -0.25) is 4.79 Å². The van der Waals surface area contributed by atoms with Crippen molar-refractivity contribution in [3.63, 3.8) is 0 Å². The van der Waals surface area contributed by atoms with Gasteiger partial charge < -0.3 is 11.1 Å². The number of halogens is 3. The summed E-state index contributed by atoms with van der Waals surface area (Å²) in [5.41, 5.74) is 8.11. The van der Waals surface area contributed by atoms with Gasteiger partial charge in [0.15, 0.2) is 5.82 Å². The second kappa shape index (κ2) is 7.13. The molecule has 0 aliphatic carbocycles. The lowest BCUT2D eigenvalue weighted by atomic mass is 9.95. The van der Waals surface area contributed by atoms with E-state index in [1.54, 1.807) is 41.9 Å². The molecule has 1 atom stereocenters. The molecular weight excluding hydrogens is 421 g/mol. The summed E-state index contributed by atoms with van der Waals surface area (Å²) in [4.78, 5) is 16.8. The Kier molecular flexibility index (Phi) is 4.79. The fourth-order valence-electron chi connectivity index (χ4n) is 3.21. The first kappa shape index (κ1) is 18.8. The van der Waals surface area contributed by atoms with Crippen LogP contribution in [0.2, 0.25) is 15.1 Å². The molecule has 4 rings (SSSR count). The number of benzene rings is 2. The zero-order valence-electron chi connectivity index (χ0n) is 14.6. The SMILES string of the molecule is CC1=C(C(N)=O)C(c2ccc(Cl)c(Cl)c2)n2nc(-c3cccc(Cl)c3)nc2N1. The minimum absolute atomic E-state index is 0.369. The monoisotopic (exact) mass is 433 g/mol. The van der Waals surface area contributed by atoms with Crippen LogP contribution in [0.4, 0.5) is 5.95 Å². The normalized spacial score (nSPS) is 15.9. The number of hydrogen-bond acceptors (Lipinski definition) is 4. The molecule has 0 spiro atoms. The van der Waals surface area contributed by atoms with Gasteiger partial charge in [-0.1, -0.05) is 53.0 Å². The molecule has 3 N–H and O–H groups in total. The van der Waals surface area contributed by atoms with Crippen LogP contribution in [-0.2, 0) is 4.79 Å². The average Bonchev–Trinajstić information content (AvgIpc) is 3.06. The number of carbonyl (C=O) groups is 1. The Labute approximate surface area is 175 Å². The van der Waals surface area contributed by atoms with Crippen LogP contribution in [0.25, 0.3) is 11.4 Å². The minimum atomic E-state index is -0.594. The van der Waals surface area contributed by atoms with Gasteiger partial charge >= 0.3 is 0 Å². The van der Waals surface area contributed by atoms with Gasteiger partial charge in [-0.2, -0.15) is 4.98 Å². The number of carbonyl (C=O) groups excluding carboxylic acids is 1. The Hall–Kier alpha value is -2.54. The summed E-state index contributed by atoms with van der Waals surface area (Å²) in [5, 5.41) is 9.07. The summed E-state index contributed by atoms with van der Waals surface area (Å²) >= 11 is 18.3. The summed E-state index contributed by atoms with van der Waals surface area (Å²) in [6, 6.07) is 11.8. The van der Waals surface area contributed by atoms with Crippen LogP contribution in [-0.4, -0.2) is 20.7 Å². The summed E-state index contributed by atoms with van der Waals surface area (Å²) in [7, 11) is 0. The van der Waals surface area contributed by atoms with E-state index in [0.29, 0.717) is 43.7 Å². The zero-order valence-corrected chi connectivity index (χ0v) is 16.8. The molecule has 28 heavy (non-hydrogen) atoms. The molecule has 0 radical (unpaired) electrons. The highest BCUT2D eigenvalue weighted by Gasteiger charge is 2.33. The van der Waals surface area contributed by atoms with Gasteiger partial charge in [0.1, 0.15) is 6.04 Å². The van der Waals surface area contributed by atoms with Crippen molar-refractivity contribution in [1.82, 2.24) is 14.8 Å². The van der Waals surface area contributed by atoms with Crippen molar-refractivity contribution in [3.05, 3.63) is 74.4 Å². The lowest BCUT2D eigenvalue weighted by Gasteiger charge is -2.27. The molecule has 1 aromatic heterocycles. The number of nitrogens with zero attached hydrogens (tertiary/aromatic N) is 3. The largest absolute Gasteiger partial charge is 0.366 e. The van der Waals surface area contributed by atoms with Crippen LogP contribution in [0.1, 0.15) is 18.5 Å². The average molecular weight is 435 g/mol. The van der Waals surface area contributed by atoms with E-state index in [1.807, 2.05) is 12.1 Å². The lowest BCUT2D eigenvalue weighted by molar-refractivity contribution is -0.115. The van der Waals surface area contributed by atoms with Gasteiger partial charge in [-0.05, 0) is 36.8 Å². The maximum Gasteiger partial charge on any atom is 0.248 e. The molecule has 1 amide bonds. The molecule has 0 bridgehead atoms. The molecule has 0 fully saturated rings. The predicted molar refractivity (Wildman–Crippen MR) is 111 cm³/mol. The van der Waals surface area contributed by atoms with Crippen LogP contribution < -0.4 is 11.1 Å². The van der Waals surface area contributed by atoms with Crippen molar-refractivity contribution in [1.29, 1.82) is 0 Å². The number of aromatic nitrogens is 3. The van der Waals surface area contributed by atoms with Crippen molar-refractivity contribution >= 4 is 46.7 Å². The second-order valence-electron chi connectivity index (χ2n) is 6.32. The molecule has 1 aliphatic rings. The Morgan fingerprint density at radius 3 is 2.61 bits per heavy atom. The first-order chi connectivity index (χ1) is 13.3. The third kappa shape index (κ3) is 3.24. The topological polar surface area (TPSA) is 85.8 Å². The van der Waals surface area contributed by atoms with Crippen LogP contribution in [0.3, 0.4) is 0 Å². The minimum Gasteiger partial charge on any atom is -0.366 e. The van der Waals surface area contributed by atoms with Crippen molar-refractivity contribution in [2.75, 3.05) is 5.32 Å². The van der Waals surface area contributed by atoms with E-state index in [0.717, 1.165) is 5.56 Å². The van der Waals surface area contributed by atoms with Gasteiger partial charge in [0.05, 0.1) is 15.6 Å². The van der Waals surface area contributed by atoms with Gasteiger partial charge in [-0.15, -0.1) is 5.10 Å². The van der Waals surface area contributed by atoms with Crippen molar-refractivity contribution in [2.45, 2.75) is 13.0 Å². The van der Waals surface area contributed by atoms with Crippen molar-refractivity contribution < 1.29 is 4.79 Å². The standard InChI is InChI=1S/C19H14Cl3N5O/c1-9-15(17(23)28)16(10-5-6-13(21)14(22)8-10)27-19(24-9)25-18(26-27)11-3-2-4-12(20)7-11/h2-8,16H,1H3,(H2,23,28)(H,24,25,26). The number of allylic oxidation sites excluding steroid dienone is 1. The van der Waals surface area contributed by atoms with E-state index in [4.69, 9.17) is 40.5 Å². The van der Waals surface area contributed by atoms with E-state index >= 15 is 0 Å². The van der Waals surface area contributed by atoms with Crippen LogP contribution in [0, 0.1) is 0 Å². The molecular formula is C19H14Cl3N5O. The van der Waals surface area contributed by atoms with Crippen LogP contribution in [0.5, 0.6) is 0 Å². The van der Waals surface area contributed by atoms with Crippen molar-refractivity contribution in [2.24, 2.45) is 5.73 Å². The number of primary amides is 1. The Bertz CT molecular complexity index is 1140. The molecule has 2 aromatic carbocycles. The van der Waals surface area contributed by atoms with Gasteiger partial charge in [0.2, 0.25) is 11.9 Å². The molecule has 1 aliphatic heterocycles. The highest BCUT2D eigenvalue weighted by Crippen LogP contribution is 2.38. The number of nitrogens with one attached hydrogen (secondary N) is 1. The van der Waals surface area contributed by atoms with Gasteiger partial charge in [-0.25, -0.2) is 4.68 Å². The molecule has 2 heterocycles. The number of nitrogens with two attached hydrogens (primary N) is 1. The lowest BCUT2D eigenvalue weighted by Crippen LogP contribution is -2.31. The maximum absolute atomic E-state index is 12.2. The van der Waals surface area contributed by atoms with Crippen molar-refractivity contribution in [3.8, 4) is 11.4 Å². The first-order valence-corrected chi connectivity index (χ1v) is 9.43. The molecule has 142 valence electrons. The molecule has 1 unspecified atom stereocenters. The van der Waals surface area contributed by atoms with Gasteiger partial charge in [0, 0.05) is 16.3 Å². The number of fused-ring (bicyclic) bond motifs is 1. The molecule has 9 heteroatoms. The maximum atomic E-state index is 12.2. The zero-order chi connectivity index (χ0) is 20.0. The second-order valence-corrected chi connectivity index (χ2v) is 7.57. The smallest absolute Gasteiger partial charge is 0.248 e. The summed E-state index contributed by atoms with van der Waals surface area (Å²) in [6.45, 7) is 1.77. The van der Waals surface area contributed by atoms with Crippen LogP contribution in [0.15, 0.2) is 53.7 Å². The summed E-state index contributed by atoms with van der Waals surface area (Å²) in [5.74, 6) is 0.383. The number of anilines is 1.